The van der Waals surface area contributed by atoms with Crippen molar-refractivity contribution in [3.05, 3.63) is 46.1 Å². The molecule has 108 valence electrons. The average molecular weight is 273 g/mol. The number of aromatic nitrogens is 2. The van der Waals surface area contributed by atoms with Gasteiger partial charge in [0.25, 0.3) is 0 Å². The zero-order valence-electron chi connectivity index (χ0n) is 12.9. The van der Waals surface area contributed by atoms with E-state index in [0.29, 0.717) is 17.8 Å². The number of hydrogen-bond donors (Lipinski definition) is 1. The highest BCUT2D eigenvalue weighted by molar-refractivity contribution is 5.37. The minimum Gasteiger partial charge on any atom is -0.339 e. The zero-order valence-corrected chi connectivity index (χ0v) is 12.9. The van der Waals surface area contributed by atoms with E-state index in [1.54, 1.807) is 0 Å². The second kappa shape index (κ2) is 6.18. The van der Waals surface area contributed by atoms with Crippen LogP contribution in [0.4, 0.5) is 0 Å². The molecular formula is C16H23N3O. The molecule has 0 amide bonds. The maximum absolute atomic E-state index is 5.11. The van der Waals surface area contributed by atoms with Crippen LogP contribution in [-0.2, 0) is 6.42 Å². The molecule has 4 heteroatoms. The van der Waals surface area contributed by atoms with E-state index in [2.05, 4.69) is 55.3 Å². The van der Waals surface area contributed by atoms with Crippen LogP contribution in [0, 0.1) is 27.7 Å². The van der Waals surface area contributed by atoms with Crippen molar-refractivity contribution in [2.24, 2.45) is 0 Å². The monoisotopic (exact) mass is 273 g/mol. The molecule has 0 spiro atoms. The first-order chi connectivity index (χ1) is 9.47. The van der Waals surface area contributed by atoms with Gasteiger partial charge in [0, 0.05) is 19.0 Å². The van der Waals surface area contributed by atoms with Crippen molar-refractivity contribution in [2.45, 2.75) is 47.1 Å². The van der Waals surface area contributed by atoms with Gasteiger partial charge in [-0.05, 0) is 56.9 Å². The molecule has 20 heavy (non-hydrogen) atoms. The van der Waals surface area contributed by atoms with E-state index in [9.17, 15) is 0 Å². The van der Waals surface area contributed by atoms with E-state index < -0.39 is 0 Å². The molecule has 1 heterocycles. The third-order valence-electron chi connectivity index (χ3n) is 3.71. The normalized spacial score (nSPS) is 12.7. The summed E-state index contributed by atoms with van der Waals surface area (Å²) >= 11 is 0. The Morgan fingerprint density at radius 1 is 1.10 bits per heavy atom. The summed E-state index contributed by atoms with van der Waals surface area (Å²) in [5.41, 5.74) is 5.38. The second-order valence-electron chi connectivity index (χ2n) is 5.45. The van der Waals surface area contributed by atoms with Gasteiger partial charge in [-0.3, -0.25) is 0 Å². The van der Waals surface area contributed by atoms with Crippen LogP contribution in [0.1, 0.15) is 46.9 Å². The van der Waals surface area contributed by atoms with Gasteiger partial charge in [0.1, 0.15) is 0 Å². The highest BCUT2D eigenvalue weighted by atomic mass is 16.5. The zero-order chi connectivity index (χ0) is 14.7. The molecule has 1 aromatic heterocycles. The van der Waals surface area contributed by atoms with E-state index >= 15 is 0 Å². The molecule has 0 radical (unpaired) electrons. The summed E-state index contributed by atoms with van der Waals surface area (Å²) in [5, 5.41) is 7.31. The molecule has 1 unspecified atom stereocenters. The van der Waals surface area contributed by atoms with Gasteiger partial charge in [-0.25, -0.2) is 0 Å². The van der Waals surface area contributed by atoms with Crippen molar-refractivity contribution in [1.82, 2.24) is 15.5 Å². The SMILES string of the molecule is Cc1noc(CCNC(C)c2cc(C)c(C)cc2C)n1. The summed E-state index contributed by atoms with van der Waals surface area (Å²) < 4.78 is 5.11. The summed E-state index contributed by atoms with van der Waals surface area (Å²) in [6.07, 6.45) is 0.759. The summed E-state index contributed by atoms with van der Waals surface area (Å²) in [5.74, 6) is 1.39. The van der Waals surface area contributed by atoms with Crippen molar-refractivity contribution in [2.75, 3.05) is 6.54 Å². The van der Waals surface area contributed by atoms with Crippen molar-refractivity contribution in [3.8, 4) is 0 Å². The minimum absolute atomic E-state index is 0.318. The molecular weight excluding hydrogens is 250 g/mol. The van der Waals surface area contributed by atoms with Crippen LogP contribution in [0.15, 0.2) is 16.7 Å². The number of nitrogens with zero attached hydrogens (tertiary/aromatic N) is 2. The number of rotatable bonds is 5. The van der Waals surface area contributed by atoms with E-state index in [0.717, 1.165) is 13.0 Å². The van der Waals surface area contributed by atoms with E-state index in [1.165, 1.54) is 22.3 Å². The fourth-order valence-corrected chi connectivity index (χ4v) is 2.40. The minimum atomic E-state index is 0.318. The lowest BCUT2D eigenvalue weighted by molar-refractivity contribution is 0.370. The Kier molecular flexibility index (Phi) is 4.55. The molecule has 0 aliphatic carbocycles. The summed E-state index contributed by atoms with van der Waals surface area (Å²) in [4.78, 5) is 4.21. The summed E-state index contributed by atoms with van der Waals surface area (Å²) in [6, 6.07) is 4.85. The first kappa shape index (κ1) is 14.7. The van der Waals surface area contributed by atoms with Crippen LogP contribution in [0.3, 0.4) is 0 Å². The Bertz CT molecular complexity index is 589. The van der Waals surface area contributed by atoms with Crippen LogP contribution in [0.2, 0.25) is 0 Å². The van der Waals surface area contributed by atoms with Crippen molar-refractivity contribution in [3.63, 3.8) is 0 Å². The number of aryl methyl sites for hydroxylation is 4. The molecule has 0 aliphatic rings. The van der Waals surface area contributed by atoms with Crippen LogP contribution >= 0.6 is 0 Å². The van der Waals surface area contributed by atoms with Crippen LogP contribution in [0.5, 0.6) is 0 Å². The van der Waals surface area contributed by atoms with Gasteiger partial charge in [-0.2, -0.15) is 4.98 Å². The summed E-state index contributed by atoms with van der Waals surface area (Å²) in [6.45, 7) is 11.3. The quantitative estimate of drug-likeness (QED) is 0.909. The highest BCUT2D eigenvalue weighted by Gasteiger charge is 2.10. The second-order valence-corrected chi connectivity index (χ2v) is 5.45. The van der Waals surface area contributed by atoms with Gasteiger partial charge >= 0.3 is 0 Å². The maximum atomic E-state index is 5.11. The molecule has 0 saturated carbocycles. The first-order valence-corrected chi connectivity index (χ1v) is 7.07. The molecule has 1 N–H and O–H groups in total. The predicted octanol–water partition coefficient (Wildman–Crippen LogP) is 3.20. The third kappa shape index (κ3) is 3.45. The smallest absolute Gasteiger partial charge is 0.227 e. The van der Waals surface area contributed by atoms with Crippen LogP contribution in [0.25, 0.3) is 0 Å². The largest absolute Gasteiger partial charge is 0.339 e. The molecule has 2 aromatic rings. The number of nitrogens with one attached hydrogen (secondary N) is 1. The fraction of sp³-hybridized carbons (Fsp3) is 0.500. The van der Waals surface area contributed by atoms with Crippen molar-refractivity contribution < 1.29 is 4.52 Å². The Labute approximate surface area is 120 Å². The van der Waals surface area contributed by atoms with Crippen molar-refractivity contribution >= 4 is 0 Å². The maximum Gasteiger partial charge on any atom is 0.227 e. The summed E-state index contributed by atoms with van der Waals surface area (Å²) in [7, 11) is 0. The Balaban J connectivity index is 1.95. The highest BCUT2D eigenvalue weighted by Crippen LogP contribution is 2.21. The predicted molar refractivity (Wildman–Crippen MR) is 79.8 cm³/mol. The number of hydrogen-bond acceptors (Lipinski definition) is 4. The Morgan fingerprint density at radius 2 is 1.80 bits per heavy atom. The van der Waals surface area contributed by atoms with Gasteiger partial charge in [0.2, 0.25) is 5.89 Å². The Hall–Kier alpha value is -1.68. The lowest BCUT2D eigenvalue weighted by Gasteiger charge is -2.18. The average Bonchev–Trinajstić information content (AvgIpc) is 2.79. The standard InChI is InChI=1S/C16H23N3O/c1-10-8-12(3)15(9-11(10)2)13(4)17-7-6-16-18-14(5)19-20-16/h8-9,13,17H,6-7H2,1-5H3. The molecule has 0 aliphatic heterocycles. The lowest BCUT2D eigenvalue weighted by Crippen LogP contribution is -2.22. The Morgan fingerprint density at radius 3 is 2.45 bits per heavy atom. The van der Waals surface area contributed by atoms with Crippen LogP contribution in [-0.4, -0.2) is 16.7 Å². The van der Waals surface area contributed by atoms with E-state index in [1.807, 2.05) is 6.92 Å². The number of benzene rings is 1. The fourth-order valence-electron chi connectivity index (χ4n) is 2.40. The third-order valence-corrected chi connectivity index (χ3v) is 3.71. The topological polar surface area (TPSA) is 51.0 Å². The molecule has 0 fully saturated rings. The molecule has 0 bridgehead atoms. The van der Waals surface area contributed by atoms with Gasteiger partial charge in [-0.1, -0.05) is 17.3 Å². The molecule has 4 nitrogen and oxygen atoms in total. The lowest BCUT2D eigenvalue weighted by atomic mass is 9.96. The van der Waals surface area contributed by atoms with Gasteiger partial charge < -0.3 is 9.84 Å². The van der Waals surface area contributed by atoms with Gasteiger partial charge in [0.15, 0.2) is 5.82 Å². The first-order valence-electron chi connectivity index (χ1n) is 7.07. The van der Waals surface area contributed by atoms with Gasteiger partial charge in [-0.15, -0.1) is 0 Å². The molecule has 1 atom stereocenters. The molecule has 0 saturated heterocycles. The van der Waals surface area contributed by atoms with Crippen LogP contribution < -0.4 is 5.32 Å². The molecule has 2 rings (SSSR count). The van der Waals surface area contributed by atoms with Crippen molar-refractivity contribution in [1.29, 1.82) is 0 Å². The molecule has 1 aromatic carbocycles. The van der Waals surface area contributed by atoms with E-state index in [4.69, 9.17) is 4.52 Å². The van der Waals surface area contributed by atoms with Gasteiger partial charge in [0.05, 0.1) is 0 Å². The van der Waals surface area contributed by atoms with E-state index in [-0.39, 0.29) is 0 Å².